The highest BCUT2D eigenvalue weighted by Gasteiger charge is 2.18. The first-order chi connectivity index (χ1) is 20.2. The highest BCUT2D eigenvalue weighted by atomic mass is 35.5. The summed E-state index contributed by atoms with van der Waals surface area (Å²) in [7, 11) is 1.57. The lowest BCUT2D eigenvalue weighted by molar-refractivity contribution is -0.115. The molecule has 1 atom stereocenters. The quantitative estimate of drug-likeness (QED) is 0.134. The summed E-state index contributed by atoms with van der Waals surface area (Å²) in [6.45, 7) is 1.79. The molecular weight excluding hydrogens is 577 g/mol. The lowest BCUT2D eigenvalue weighted by Crippen LogP contribution is -2.30. The molecule has 4 rings (SSSR count). The van der Waals surface area contributed by atoms with Crippen LogP contribution in [0.15, 0.2) is 108 Å². The molecule has 0 radical (unpaired) electrons. The van der Waals surface area contributed by atoms with E-state index >= 15 is 0 Å². The van der Waals surface area contributed by atoms with E-state index < -0.39 is 22.9 Å². The minimum Gasteiger partial charge on any atom is -0.497 e. The van der Waals surface area contributed by atoms with Gasteiger partial charge in [-0.15, -0.1) is 11.8 Å². The number of nitrogens with one attached hydrogen (secondary N) is 3. The largest absolute Gasteiger partial charge is 0.497 e. The van der Waals surface area contributed by atoms with Crippen LogP contribution in [0.25, 0.3) is 6.08 Å². The number of carbonyl (C=O) groups is 3. The molecule has 10 heteroatoms. The second kappa shape index (κ2) is 14.3. The Kier molecular flexibility index (Phi) is 10.4. The summed E-state index contributed by atoms with van der Waals surface area (Å²) in [6, 6.07) is 26.4. The third kappa shape index (κ3) is 8.22. The van der Waals surface area contributed by atoms with Crippen molar-refractivity contribution in [1.29, 1.82) is 0 Å². The van der Waals surface area contributed by atoms with Gasteiger partial charge in [-0.1, -0.05) is 35.9 Å². The van der Waals surface area contributed by atoms with Crippen LogP contribution in [-0.4, -0.2) is 30.1 Å². The third-order valence-corrected chi connectivity index (χ3v) is 7.41. The van der Waals surface area contributed by atoms with Gasteiger partial charge in [0.2, 0.25) is 5.91 Å². The summed E-state index contributed by atoms with van der Waals surface area (Å²) in [4.78, 5) is 39.5. The number of amides is 3. The van der Waals surface area contributed by atoms with Gasteiger partial charge in [-0.25, -0.2) is 4.39 Å². The lowest BCUT2D eigenvalue weighted by atomic mass is 10.1. The predicted molar refractivity (Wildman–Crippen MR) is 165 cm³/mol. The summed E-state index contributed by atoms with van der Waals surface area (Å²) in [5, 5.41) is 7.83. The van der Waals surface area contributed by atoms with Gasteiger partial charge in [-0.05, 0) is 85.8 Å². The molecule has 0 aliphatic rings. The number of hydrogen-bond acceptors (Lipinski definition) is 5. The Hall–Kier alpha value is -4.60. The number of thioether (sulfide) groups is 1. The molecule has 4 aromatic carbocycles. The second-order valence-corrected chi connectivity index (χ2v) is 10.8. The van der Waals surface area contributed by atoms with E-state index in [2.05, 4.69) is 16.0 Å². The maximum atomic E-state index is 14.5. The average Bonchev–Trinajstić information content (AvgIpc) is 3.00. The smallest absolute Gasteiger partial charge is 0.272 e. The fourth-order valence-electron chi connectivity index (χ4n) is 3.73. The molecular formula is C32H27ClFN3O4S. The summed E-state index contributed by atoms with van der Waals surface area (Å²) in [5.74, 6) is -1.34. The zero-order valence-corrected chi connectivity index (χ0v) is 24.3. The molecule has 0 heterocycles. The Bertz CT molecular complexity index is 1580. The van der Waals surface area contributed by atoms with Crippen LogP contribution in [0.3, 0.4) is 0 Å². The van der Waals surface area contributed by atoms with Gasteiger partial charge in [0.25, 0.3) is 11.8 Å². The Morgan fingerprint density at radius 3 is 2.14 bits per heavy atom. The first-order valence-electron chi connectivity index (χ1n) is 12.8. The van der Waals surface area contributed by atoms with Crippen LogP contribution in [0.2, 0.25) is 5.02 Å². The van der Waals surface area contributed by atoms with Crippen LogP contribution in [0, 0.1) is 5.82 Å². The van der Waals surface area contributed by atoms with E-state index in [1.807, 2.05) is 0 Å². The highest BCUT2D eigenvalue weighted by Crippen LogP contribution is 2.27. The van der Waals surface area contributed by atoms with Gasteiger partial charge >= 0.3 is 0 Å². The molecule has 0 aliphatic heterocycles. The molecule has 42 heavy (non-hydrogen) atoms. The van der Waals surface area contributed by atoms with Crippen LogP contribution in [0.4, 0.5) is 15.8 Å². The summed E-state index contributed by atoms with van der Waals surface area (Å²) < 4.78 is 19.6. The number of hydrogen-bond donors (Lipinski definition) is 3. The Morgan fingerprint density at radius 1 is 0.857 bits per heavy atom. The molecule has 214 valence electrons. The molecule has 0 spiro atoms. The molecule has 0 aromatic heterocycles. The maximum Gasteiger partial charge on any atom is 0.272 e. The van der Waals surface area contributed by atoms with Crippen molar-refractivity contribution in [2.45, 2.75) is 17.1 Å². The van der Waals surface area contributed by atoms with Crippen molar-refractivity contribution in [2.75, 3.05) is 17.7 Å². The minimum atomic E-state index is -0.675. The van der Waals surface area contributed by atoms with Gasteiger partial charge in [-0.3, -0.25) is 14.4 Å². The number of halogens is 2. The SMILES string of the molecule is COc1ccc(NC(=O)C(C)Sc2ccc(NC(=O)/C(=C/c3c(F)cccc3Cl)NC(=O)c3ccccc3)cc2)cc1. The Balaban J connectivity index is 1.44. The number of anilines is 2. The highest BCUT2D eigenvalue weighted by molar-refractivity contribution is 8.00. The van der Waals surface area contributed by atoms with E-state index in [0.29, 0.717) is 22.7 Å². The molecule has 3 N–H and O–H groups in total. The fraction of sp³-hybridized carbons (Fsp3) is 0.0938. The van der Waals surface area contributed by atoms with E-state index in [1.54, 1.807) is 92.9 Å². The van der Waals surface area contributed by atoms with Crippen molar-refractivity contribution < 1.29 is 23.5 Å². The van der Waals surface area contributed by atoms with Crippen LogP contribution < -0.4 is 20.7 Å². The van der Waals surface area contributed by atoms with Crippen molar-refractivity contribution in [1.82, 2.24) is 5.32 Å². The van der Waals surface area contributed by atoms with Crippen molar-refractivity contribution in [3.63, 3.8) is 0 Å². The molecule has 3 amide bonds. The van der Waals surface area contributed by atoms with E-state index in [1.165, 1.54) is 36.0 Å². The van der Waals surface area contributed by atoms with E-state index in [0.717, 1.165) is 4.90 Å². The van der Waals surface area contributed by atoms with Gasteiger partial charge in [0.1, 0.15) is 17.3 Å². The van der Waals surface area contributed by atoms with Crippen LogP contribution in [0.1, 0.15) is 22.8 Å². The monoisotopic (exact) mass is 603 g/mol. The number of methoxy groups -OCH3 is 1. The summed E-state index contributed by atoms with van der Waals surface area (Å²) in [5.41, 5.74) is 1.18. The molecule has 0 saturated carbocycles. The van der Waals surface area contributed by atoms with Crippen molar-refractivity contribution in [3.05, 3.63) is 125 Å². The number of ether oxygens (including phenoxy) is 1. The van der Waals surface area contributed by atoms with Crippen molar-refractivity contribution in [3.8, 4) is 5.75 Å². The zero-order chi connectivity index (χ0) is 30.1. The molecule has 0 aliphatic carbocycles. The van der Waals surface area contributed by atoms with Crippen LogP contribution >= 0.6 is 23.4 Å². The Labute approximate surface area is 252 Å². The van der Waals surface area contributed by atoms with Gasteiger partial charge in [0.15, 0.2) is 0 Å². The van der Waals surface area contributed by atoms with Gasteiger partial charge < -0.3 is 20.7 Å². The first-order valence-corrected chi connectivity index (χ1v) is 14.0. The first kappa shape index (κ1) is 30.4. The number of carbonyl (C=O) groups excluding carboxylic acids is 3. The zero-order valence-electron chi connectivity index (χ0n) is 22.7. The average molecular weight is 604 g/mol. The second-order valence-electron chi connectivity index (χ2n) is 8.97. The molecule has 4 aromatic rings. The third-order valence-electron chi connectivity index (χ3n) is 5.97. The standard InChI is InChI=1S/C32H27ClFN3O4S/c1-20(30(38)35-22-11-15-24(41-2)16-12-22)42-25-17-13-23(14-18-25)36-32(40)29(19-26-27(33)9-6-10-28(26)34)37-31(39)21-7-4-3-5-8-21/h3-20H,1-2H3,(H,35,38)(H,36,40)(H,37,39)/b29-19-. The van der Waals surface area contributed by atoms with E-state index in [-0.39, 0.29) is 22.2 Å². The minimum absolute atomic E-state index is 0.0358. The van der Waals surface area contributed by atoms with Gasteiger partial charge in [0.05, 0.1) is 17.4 Å². The Morgan fingerprint density at radius 2 is 1.50 bits per heavy atom. The molecule has 0 bridgehead atoms. The normalized spacial score (nSPS) is 11.8. The van der Waals surface area contributed by atoms with Crippen LogP contribution in [-0.2, 0) is 9.59 Å². The van der Waals surface area contributed by atoms with Crippen LogP contribution in [0.5, 0.6) is 5.75 Å². The van der Waals surface area contributed by atoms with Crippen molar-refractivity contribution >= 4 is 58.5 Å². The van der Waals surface area contributed by atoms with Crippen molar-refractivity contribution in [2.24, 2.45) is 0 Å². The molecule has 0 saturated heterocycles. The lowest BCUT2D eigenvalue weighted by Gasteiger charge is -2.14. The van der Waals surface area contributed by atoms with E-state index in [4.69, 9.17) is 16.3 Å². The number of benzene rings is 4. The number of rotatable bonds is 10. The molecule has 1 unspecified atom stereocenters. The van der Waals surface area contributed by atoms with Gasteiger partial charge in [-0.2, -0.15) is 0 Å². The maximum absolute atomic E-state index is 14.5. The summed E-state index contributed by atoms with van der Waals surface area (Å²) in [6.07, 6.45) is 1.20. The summed E-state index contributed by atoms with van der Waals surface area (Å²) >= 11 is 7.52. The topological polar surface area (TPSA) is 96.5 Å². The molecule has 7 nitrogen and oxygen atoms in total. The van der Waals surface area contributed by atoms with E-state index in [9.17, 15) is 18.8 Å². The predicted octanol–water partition coefficient (Wildman–Crippen LogP) is 7.02. The molecule has 0 fully saturated rings. The van der Waals surface area contributed by atoms with Gasteiger partial charge in [0, 0.05) is 27.4 Å². The fourth-order valence-corrected chi connectivity index (χ4v) is 4.81.